The van der Waals surface area contributed by atoms with Crippen LogP contribution in [0, 0.1) is 29.6 Å². The van der Waals surface area contributed by atoms with Gasteiger partial charge in [-0.25, -0.2) is 0 Å². The van der Waals surface area contributed by atoms with Crippen molar-refractivity contribution in [1.82, 2.24) is 10.2 Å². The molecule has 1 aliphatic heterocycles. The Kier molecular flexibility index (Phi) is 8.27. The van der Waals surface area contributed by atoms with Crippen molar-refractivity contribution in [3.05, 3.63) is 35.4 Å². The molecular weight excluding hydrogens is 364 g/mol. The molecule has 1 N–H and O–H groups in total. The van der Waals surface area contributed by atoms with E-state index in [0.29, 0.717) is 0 Å². The maximum Gasteiger partial charge on any atom is 0.121 e. The molecule has 0 bridgehead atoms. The van der Waals surface area contributed by atoms with E-state index in [1.165, 1.54) is 10.5 Å². The number of hydrogen-bond acceptors (Lipinski definition) is 4. The highest BCUT2D eigenvalue weighted by atomic mass is 32.2. The largest absolute Gasteiger partial charge is 0.380 e. The van der Waals surface area contributed by atoms with Crippen molar-refractivity contribution in [2.24, 2.45) is 10.9 Å². The smallest absolute Gasteiger partial charge is 0.121 e. The predicted molar refractivity (Wildman–Crippen MR) is 121 cm³/mol. The highest BCUT2D eigenvalue weighted by molar-refractivity contribution is 8.04. The van der Waals surface area contributed by atoms with Crippen LogP contribution in [0.5, 0.6) is 0 Å². The average molecular weight is 397 g/mol. The summed E-state index contributed by atoms with van der Waals surface area (Å²) in [6.07, 6.45) is 16.7. The monoisotopic (exact) mass is 396 g/mol. The van der Waals surface area contributed by atoms with Gasteiger partial charge in [-0.2, -0.15) is 5.26 Å². The van der Waals surface area contributed by atoms with Crippen molar-refractivity contribution in [2.75, 3.05) is 14.1 Å². The van der Waals surface area contributed by atoms with E-state index >= 15 is 0 Å². The highest BCUT2D eigenvalue weighted by Gasteiger charge is 2.48. The Balaban J connectivity index is 2.35. The lowest BCUT2D eigenvalue weighted by Gasteiger charge is -2.42. The first-order chi connectivity index (χ1) is 13.5. The van der Waals surface area contributed by atoms with Gasteiger partial charge in [0.25, 0.3) is 0 Å². The van der Waals surface area contributed by atoms with E-state index in [0.717, 1.165) is 57.1 Å². The third-order valence-corrected chi connectivity index (χ3v) is 6.60. The molecule has 0 radical (unpaired) electrons. The van der Waals surface area contributed by atoms with E-state index < -0.39 is 0 Å². The zero-order valence-electron chi connectivity index (χ0n) is 17.2. The number of allylic oxidation sites excluding steroid dienone is 3. The first-order valence-electron chi connectivity index (χ1n) is 9.97. The lowest BCUT2D eigenvalue weighted by atomic mass is 9.71. The van der Waals surface area contributed by atoms with E-state index in [-0.39, 0.29) is 16.8 Å². The molecule has 150 valence electrons. The van der Waals surface area contributed by atoms with E-state index in [9.17, 15) is 5.26 Å². The average Bonchev–Trinajstić information content (AvgIpc) is 3.04. The Morgan fingerprint density at radius 2 is 2.32 bits per heavy atom. The summed E-state index contributed by atoms with van der Waals surface area (Å²) >= 11 is 1.76. The van der Waals surface area contributed by atoms with Gasteiger partial charge in [-0.15, -0.1) is 30.7 Å². The van der Waals surface area contributed by atoms with Gasteiger partial charge >= 0.3 is 0 Å². The lowest BCUT2D eigenvalue weighted by Crippen LogP contribution is -2.49. The quantitative estimate of drug-likeness (QED) is 0.189. The summed E-state index contributed by atoms with van der Waals surface area (Å²) in [6, 6.07) is 2.56. The van der Waals surface area contributed by atoms with Gasteiger partial charge in [0, 0.05) is 26.2 Å². The maximum absolute atomic E-state index is 10.0. The van der Waals surface area contributed by atoms with Crippen LogP contribution in [-0.4, -0.2) is 36.2 Å². The van der Waals surface area contributed by atoms with Gasteiger partial charge in [0.05, 0.1) is 17.9 Å². The van der Waals surface area contributed by atoms with Gasteiger partial charge in [0.2, 0.25) is 0 Å². The van der Waals surface area contributed by atoms with Crippen molar-refractivity contribution < 1.29 is 0 Å². The third-order valence-electron chi connectivity index (χ3n) is 5.26. The molecule has 0 spiro atoms. The number of terminal acetylenes is 1. The van der Waals surface area contributed by atoms with Crippen LogP contribution in [0.15, 0.2) is 40.4 Å². The minimum Gasteiger partial charge on any atom is -0.380 e. The van der Waals surface area contributed by atoms with Crippen LogP contribution in [-0.2, 0) is 0 Å². The molecule has 0 aromatic carbocycles. The minimum absolute atomic E-state index is 0.0780. The number of nitrogens with one attached hydrogen (secondary N) is 1. The Bertz CT molecular complexity index is 722. The number of nitrogens with zero attached hydrogens (tertiary/aromatic N) is 3. The molecule has 0 fully saturated rings. The molecule has 5 heteroatoms. The first kappa shape index (κ1) is 22.2. The van der Waals surface area contributed by atoms with Gasteiger partial charge in [0.1, 0.15) is 11.3 Å². The maximum atomic E-state index is 10.0. The Hall–Kier alpha value is -2.11. The highest BCUT2D eigenvalue weighted by Crippen LogP contribution is 2.54. The molecular formula is C23H32N4S. The number of aliphatic imine (C=N–C) groups is 1. The van der Waals surface area contributed by atoms with Gasteiger partial charge < -0.3 is 10.2 Å². The number of rotatable bonds is 10. The number of unbranched alkanes of at least 4 members (excludes halogenated alkanes) is 1. The Labute approximate surface area is 174 Å². The topological polar surface area (TPSA) is 51.4 Å². The summed E-state index contributed by atoms with van der Waals surface area (Å²) in [6.45, 7) is 8.07. The zero-order chi connectivity index (χ0) is 20.6. The molecule has 1 aliphatic carbocycles. The fourth-order valence-corrected chi connectivity index (χ4v) is 5.55. The Morgan fingerprint density at radius 1 is 1.54 bits per heavy atom. The van der Waals surface area contributed by atoms with Crippen molar-refractivity contribution in [3.8, 4) is 18.4 Å². The summed E-state index contributed by atoms with van der Waals surface area (Å²) < 4.78 is 0. The van der Waals surface area contributed by atoms with E-state index in [2.05, 4.69) is 30.5 Å². The molecule has 28 heavy (non-hydrogen) atoms. The molecule has 1 heterocycles. The summed E-state index contributed by atoms with van der Waals surface area (Å²) in [5, 5.41) is 13.7. The van der Waals surface area contributed by atoms with Crippen LogP contribution in [0.4, 0.5) is 0 Å². The second-order valence-corrected chi connectivity index (χ2v) is 8.94. The van der Waals surface area contributed by atoms with Crippen LogP contribution in [0.3, 0.4) is 0 Å². The van der Waals surface area contributed by atoms with E-state index in [1.807, 2.05) is 31.4 Å². The molecule has 0 saturated carbocycles. The first-order valence-corrected chi connectivity index (χ1v) is 10.8. The summed E-state index contributed by atoms with van der Waals surface area (Å²) in [5.74, 6) is 2.54. The lowest BCUT2D eigenvalue weighted by molar-refractivity contribution is 0.308. The number of nitriles is 1. The number of thioether (sulfide) groups is 1. The van der Waals surface area contributed by atoms with Crippen LogP contribution in [0.25, 0.3) is 0 Å². The molecule has 0 amide bonds. The van der Waals surface area contributed by atoms with Gasteiger partial charge in [0.15, 0.2) is 0 Å². The van der Waals surface area contributed by atoms with Crippen molar-refractivity contribution in [1.29, 1.82) is 5.26 Å². The minimum atomic E-state index is -0.238. The molecule has 4 nitrogen and oxygen atoms in total. The van der Waals surface area contributed by atoms with Crippen LogP contribution in [0.1, 0.15) is 51.4 Å². The fourth-order valence-electron chi connectivity index (χ4n) is 4.10. The second-order valence-electron chi connectivity index (χ2n) is 7.73. The normalized spacial score (nSPS) is 26.4. The van der Waals surface area contributed by atoms with Crippen molar-refractivity contribution >= 4 is 18.1 Å². The molecule has 0 aromatic rings. The molecule has 3 atom stereocenters. The zero-order valence-corrected chi connectivity index (χ0v) is 18.0. The fraction of sp³-hybridized carbons (Fsp3) is 0.565. The second kappa shape index (κ2) is 10.4. The van der Waals surface area contributed by atoms with Gasteiger partial charge in [-0.1, -0.05) is 12.7 Å². The molecule has 2 aliphatic rings. The Morgan fingerprint density at radius 3 is 2.96 bits per heavy atom. The molecule has 2 rings (SSSR count). The summed E-state index contributed by atoms with van der Waals surface area (Å²) in [7, 11) is 3.90. The SMILES string of the molecule is C#CCCCC1(NC(=C)CCC=C)CCCC2=C1C(C#N)C(/N=C/N(C)C)S2. The van der Waals surface area contributed by atoms with E-state index in [1.54, 1.807) is 11.8 Å². The predicted octanol–water partition coefficient (Wildman–Crippen LogP) is 4.84. The standard InChI is InChI=1S/C23H32N4S/c1-6-8-10-14-23(26-18(3)12-9-7-2)15-11-13-20-21(23)19(16-24)22(28-20)25-17-27(4)5/h1,7,17,19,22,26H,2-3,8-15H2,4-5H3/b25-17+. The van der Waals surface area contributed by atoms with Gasteiger partial charge in [-0.3, -0.25) is 4.99 Å². The van der Waals surface area contributed by atoms with Gasteiger partial charge in [-0.05, 0) is 55.4 Å². The molecule has 0 aromatic heterocycles. The molecule has 0 saturated heterocycles. The molecule has 3 unspecified atom stereocenters. The van der Waals surface area contributed by atoms with Crippen LogP contribution in [0.2, 0.25) is 0 Å². The van der Waals surface area contributed by atoms with Crippen molar-refractivity contribution in [2.45, 2.75) is 62.3 Å². The van der Waals surface area contributed by atoms with E-state index in [4.69, 9.17) is 11.4 Å². The summed E-state index contributed by atoms with van der Waals surface area (Å²) in [5.41, 5.74) is 2.01. The van der Waals surface area contributed by atoms with Crippen LogP contribution >= 0.6 is 11.8 Å². The summed E-state index contributed by atoms with van der Waals surface area (Å²) in [4.78, 5) is 7.95. The number of hydrogen-bond donors (Lipinski definition) is 1. The van der Waals surface area contributed by atoms with Crippen LogP contribution < -0.4 is 5.32 Å². The van der Waals surface area contributed by atoms with Crippen molar-refractivity contribution in [3.63, 3.8) is 0 Å². The third kappa shape index (κ3) is 5.24.